The normalized spacial score (nSPS) is 24.6. The lowest BCUT2D eigenvalue weighted by atomic mass is 9.88. The Bertz CT molecular complexity index is 850. The smallest absolute Gasteiger partial charge is 0.254 e. The molecule has 144 valence electrons. The number of halogens is 1. The quantitative estimate of drug-likeness (QED) is 0.765. The van der Waals surface area contributed by atoms with Crippen molar-refractivity contribution in [3.8, 4) is 0 Å². The zero-order chi connectivity index (χ0) is 18.4. The van der Waals surface area contributed by atoms with Gasteiger partial charge in [-0.1, -0.05) is 36.4 Å². The van der Waals surface area contributed by atoms with Gasteiger partial charge in [-0.2, -0.15) is 0 Å². The molecule has 2 aromatic carbocycles. The van der Waals surface area contributed by atoms with E-state index in [1.165, 1.54) is 16.7 Å². The molecule has 2 saturated heterocycles. The fraction of sp³-hybridized carbons (Fsp3) is 0.435. The molecule has 2 heterocycles. The minimum Gasteiger partial charge on any atom is -0.338 e. The summed E-state index contributed by atoms with van der Waals surface area (Å²) in [5.74, 6) is 1.29. The Morgan fingerprint density at radius 1 is 0.926 bits per heavy atom. The van der Waals surface area contributed by atoms with E-state index in [2.05, 4.69) is 68.0 Å². The van der Waals surface area contributed by atoms with Crippen molar-refractivity contribution in [3.63, 3.8) is 0 Å². The summed E-state index contributed by atoms with van der Waals surface area (Å²) in [4.78, 5) is 17.7. The van der Waals surface area contributed by atoms with Crippen molar-refractivity contribution in [2.24, 2.45) is 11.8 Å². The van der Waals surface area contributed by atoms with E-state index in [0.717, 1.165) is 30.8 Å². The summed E-state index contributed by atoms with van der Waals surface area (Å²) < 4.78 is 0. The average molecular weight is 385 g/mol. The minimum absolute atomic E-state index is 0. The molecule has 0 saturated carbocycles. The van der Waals surface area contributed by atoms with Crippen molar-refractivity contribution in [1.82, 2.24) is 9.80 Å². The highest BCUT2D eigenvalue weighted by Crippen LogP contribution is 2.45. The number of carbonyl (C=O) groups is 1. The molecule has 4 rings (SSSR count). The van der Waals surface area contributed by atoms with E-state index in [-0.39, 0.29) is 18.3 Å². The van der Waals surface area contributed by atoms with Crippen LogP contribution in [0.15, 0.2) is 42.5 Å². The second-order valence-corrected chi connectivity index (χ2v) is 8.12. The molecule has 0 bridgehead atoms. The van der Waals surface area contributed by atoms with Gasteiger partial charge in [0.2, 0.25) is 0 Å². The monoisotopic (exact) mass is 384 g/mol. The van der Waals surface area contributed by atoms with Crippen LogP contribution in [-0.4, -0.2) is 42.4 Å². The van der Waals surface area contributed by atoms with Crippen LogP contribution >= 0.6 is 12.4 Å². The van der Waals surface area contributed by atoms with Crippen LogP contribution in [0.5, 0.6) is 0 Å². The molecule has 4 heteroatoms. The maximum absolute atomic E-state index is 13.2. The minimum atomic E-state index is 0. The summed E-state index contributed by atoms with van der Waals surface area (Å²) in [6, 6.07) is 15.2. The zero-order valence-corrected chi connectivity index (χ0v) is 17.4. The number of nitrogens with zero attached hydrogens (tertiary/aromatic N) is 2. The molecule has 2 aliphatic rings. The Balaban J connectivity index is 0.00000210. The average Bonchev–Trinajstić information content (AvgIpc) is 3.14. The summed E-state index contributed by atoms with van der Waals surface area (Å²) in [5, 5.41) is 0. The molecule has 2 fully saturated rings. The first-order valence-corrected chi connectivity index (χ1v) is 9.58. The molecule has 27 heavy (non-hydrogen) atoms. The maximum atomic E-state index is 13.2. The first-order chi connectivity index (χ1) is 12.5. The molecule has 0 radical (unpaired) electrons. The van der Waals surface area contributed by atoms with E-state index in [1.54, 1.807) is 0 Å². The van der Waals surface area contributed by atoms with Gasteiger partial charge in [0.15, 0.2) is 0 Å². The van der Waals surface area contributed by atoms with Crippen LogP contribution in [0.1, 0.15) is 38.7 Å². The van der Waals surface area contributed by atoms with Crippen molar-refractivity contribution in [3.05, 3.63) is 70.3 Å². The van der Waals surface area contributed by atoms with E-state index in [0.29, 0.717) is 17.9 Å². The highest BCUT2D eigenvalue weighted by Gasteiger charge is 2.47. The lowest BCUT2D eigenvalue weighted by molar-refractivity contribution is 0.0767. The Morgan fingerprint density at radius 2 is 1.63 bits per heavy atom. The molecular weight excluding hydrogens is 356 g/mol. The van der Waals surface area contributed by atoms with E-state index in [9.17, 15) is 4.79 Å². The first-order valence-electron chi connectivity index (χ1n) is 9.58. The van der Waals surface area contributed by atoms with Crippen molar-refractivity contribution in [2.75, 3.05) is 26.7 Å². The largest absolute Gasteiger partial charge is 0.338 e. The highest BCUT2D eigenvalue weighted by atomic mass is 35.5. The molecule has 0 N–H and O–H groups in total. The third kappa shape index (κ3) is 3.39. The Labute approximate surface area is 168 Å². The Kier molecular flexibility index (Phi) is 5.64. The number of fused-ring (bicyclic) bond motifs is 1. The summed E-state index contributed by atoms with van der Waals surface area (Å²) >= 11 is 0. The molecule has 3 atom stereocenters. The van der Waals surface area contributed by atoms with E-state index in [4.69, 9.17) is 0 Å². The Hall–Kier alpha value is -1.84. The lowest BCUT2D eigenvalue weighted by Gasteiger charge is -2.28. The molecule has 0 spiro atoms. The number of rotatable bonds is 2. The second-order valence-electron chi connectivity index (χ2n) is 8.12. The van der Waals surface area contributed by atoms with E-state index < -0.39 is 0 Å². The van der Waals surface area contributed by atoms with Crippen LogP contribution in [0.4, 0.5) is 0 Å². The van der Waals surface area contributed by atoms with Crippen molar-refractivity contribution in [1.29, 1.82) is 0 Å². The predicted octanol–water partition coefficient (Wildman–Crippen LogP) is 4.41. The van der Waals surface area contributed by atoms with E-state index in [1.807, 2.05) is 12.1 Å². The van der Waals surface area contributed by atoms with Crippen LogP contribution in [0.25, 0.3) is 0 Å². The third-order valence-electron chi connectivity index (χ3n) is 6.52. The summed E-state index contributed by atoms with van der Waals surface area (Å²) in [6.07, 6.45) is 0. The van der Waals surface area contributed by atoms with Crippen LogP contribution in [-0.2, 0) is 0 Å². The third-order valence-corrected chi connectivity index (χ3v) is 6.52. The molecule has 3 nitrogen and oxygen atoms in total. The lowest BCUT2D eigenvalue weighted by Crippen LogP contribution is -2.34. The number of hydrogen-bond acceptors (Lipinski definition) is 2. The van der Waals surface area contributed by atoms with E-state index >= 15 is 0 Å². The van der Waals surface area contributed by atoms with Crippen molar-refractivity contribution in [2.45, 2.75) is 26.8 Å². The maximum Gasteiger partial charge on any atom is 0.254 e. The number of hydrogen-bond donors (Lipinski definition) is 0. The highest BCUT2D eigenvalue weighted by molar-refractivity contribution is 5.96. The fourth-order valence-corrected chi connectivity index (χ4v) is 4.96. The molecule has 2 aliphatic heterocycles. The summed E-state index contributed by atoms with van der Waals surface area (Å²) in [5.41, 5.74) is 5.94. The number of benzene rings is 2. The van der Waals surface area contributed by atoms with Gasteiger partial charge in [-0.3, -0.25) is 9.69 Å². The number of aryl methyl sites for hydroxylation is 2. The van der Waals surface area contributed by atoms with Crippen LogP contribution in [0.2, 0.25) is 0 Å². The zero-order valence-electron chi connectivity index (χ0n) is 16.6. The van der Waals surface area contributed by atoms with Crippen molar-refractivity contribution >= 4 is 18.3 Å². The second kappa shape index (κ2) is 7.65. The van der Waals surface area contributed by atoms with Gasteiger partial charge in [0.05, 0.1) is 0 Å². The predicted molar refractivity (Wildman–Crippen MR) is 113 cm³/mol. The molecule has 0 unspecified atom stereocenters. The van der Waals surface area contributed by atoms with Crippen molar-refractivity contribution < 1.29 is 4.79 Å². The molecule has 2 aromatic rings. The molecular formula is C23H29ClN2O. The van der Waals surface area contributed by atoms with Crippen LogP contribution < -0.4 is 0 Å². The number of amides is 1. The van der Waals surface area contributed by atoms with Gasteiger partial charge in [-0.15, -0.1) is 12.4 Å². The fourth-order valence-electron chi connectivity index (χ4n) is 4.96. The van der Waals surface area contributed by atoms with Gasteiger partial charge in [-0.25, -0.2) is 0 Å². The SMILES string of the molecule is Cc1ccccc1[C@@H]1[C@@H]2CN(C(=O)c3cccc(C)c3C)C[C@@H]2CN1C.Cl. The van der Waals surface area contributed by atoms with Gasteiger partial charge in [0.25, 0.3) is 5.91 Å². The Morgan fingerprint density at radius 3 is 2.37 bits per heavy atom. The number of likely N-dealkylation sites (tertiary alicyclic amines) is 2. The van der Waals surface area contributed by atoms with Gasteiger partial charge >= 0.3 is 0 Å². The summed E-state index contributed by atoms with van der Waals surface area (Å²) in [6.45, 7) is 9.14. The van der Waals surface area contributed by atoms with Gasteiger partial charge in [0.1, 0.15) is 0 Å². The van der Waals surface area contributed by atoms with Crippen LogP contribution in [0.3, 0.4) is 0 Å². The first kappa shape index (κ1) is 19.9. The van der Waals surface area contributed by atoms with Crippen LogP contribution in [0, 0.1) is 32.6 Å². The van der Waals surface area contributed by atoms with Gasteiger partial charge in [0, 0.05) is 37.2 Å². The number of carbonyl (C=O) groups excluding carboxylic acids is 1. The topological polar surface area (TPSA) is 23.6 Å². The van der Waals surface area contributed by atoms with Gasteiger partial charge in [-0.05, 0) is 62.1 Å². The summed E-state index contributed by atoms with van der Waals surface area (Å²) in [7, 11) is 2.23. The molecule has 0 aliphatic carbocycles. The van der Waals surface area contributed by atoms with Gasteiger partial charge < -0.3 is 4.90 Å². The molecule has 1 amide bonds. The molecule has 0 aromatic heterocycles. The standard InChI is InChI=1S/C23H28N2O.ClH/c1-15-9-7-11-20(17(15)3)23(26)25-13-18-12-24(4)22(21(18)14-25)19-10-6-5-8-16(19)2;/h5-11,18,21-22H,12-14H2,1-4H3;1H/t18-,21+,22+;/m0./s1.